The van der Waals surface area contributed by atoms with Crippen molar-refractivity contribution >= 4 is 0 Å². The largest absolute Gasteiger partial charge is 0.372 e. The van der Waals surface area contributed by atoms with Gasteiger partial charge in [0.05, 0.1) is 11.9 Å². The minimum Gasteiger partial charge on any atom is -0.372 e. The van der Waals surface area contributed by atoms with Gasteiger partial charge in [0, 0.05) is 6.20 Å². The summed E-state index contributed by atoms with van der Waals surface area (Å²) < 4.78 is 0. The smallest absolute Gasteiger partial charge is 0.166 e. The second-order valence-electron chi connectivity index (χ2n) is 2.76. The first-order valence-corrected chi connectivity index (χ1v) is 3.55. The maximum absolute atomic E-state index is 9.55. The number of terminal acetylenes is 1. The molecule has 1 aromatic rings. The van der Waals surface area contributed by atoms with Crippen LogP contribution in [0.2, 0.25) is 0 Å². The third-order valence-corrected chi connectivity index (χ3v) is 1.56. The molecule has 0 unspecified atom stereocenters. The van der Waals surface area contributed by atoms with Crippen LogP contribution in [-0.4, -0.2) is 15.1 Å². The molecule has 0 saturated heterocycles. The highest BCUT2D eigenvalue weighted by Crippen LogP contribution is 2.15. The number of nitrogens with zero attached hydrogens (tertiary/aromatic N) is 2. The number of aryl methyl sites for hydroxylation is 1. The molecule has 0 radical (unpaired) electrons. The van der Waals surface area contributed by atoms with Crippen LogP contribution in [0, 0.1) is 19.3 Å². The zero-order chi connectivity index (χ0) is 9.19. The first kappa shape index (κ1) is 8.69. The summed E-state index contributed by atoms with van der Waals surface area (Å²) in [7, 11) is 0. The monoisotopic (exact) mass is 162 g/mol. The van der Waals surface area contributed by atoms with Gasteiger partial charge in [0.25, 0.3) is 0 Å². The third kappa shape index (κ3) is 1.60. The van der Waals surface area contributed by atoms with E-state index in [0.29, 0.717) is 5.69 Å². The highest BCUT2D eigenvalue weighted by molar-refractivity contribution is 5.20. The molecule has 3 heteroatoms. The minimum atomic E-state index is -1.32. The molecule has 1 heterocycles. The maximum atomic E-state index is 9.55. The van der Waals surface area contributed by atoms with E-state index < -0.39 is 5.60 Å². The normalized spacial score (nSPS) is 14.8. The van der Waals surface area contributed by atoms with E-state index in [1.54, 1.807) is 6.20 Å². The van der Waals surface area contributed by atoms with E-state index in [4.69, 9.17) is 6.42 Å². The SMILES string of the molecule is C#C[C@@](C)(O)c1cnc(C)cn1. The fourth-order valence-electron chi connectivity index (χ4n) is 0.718. The molecule has 0 aromatic carbocycles. The van der Waals surface area contributed by atoms with Crippen molar-refractivity contribution < 1.29 is 5.11 Å². The number of aromatic nitrogens is 2. The van der Waals surface area contributed by atoms with Crippen molar-refractivity contribution in [2.45, 2.75) is 19.4 Å². The lowest BCUT2D eigenvalue weighted by Crippen LogP contribution is -2.20. The molecule has 0 aliphatic rings. The summed E-state index contributed by atoms with van der Waals surface area (Å²) in [5, 5.41) is 9.55. The van der Waals surface area contributed by atoms with Crippen molar-refractivity contribution in [3.63, 3.8) is 0 Å². The van der Waals surface area contributed by atoms with Crippen LogP contribution in [0.4, 0.5) is 0 Å². The summed E-state index contributed by atoms with van der Waals surface area (Å²) in [4.78, 5) is 7.94. The second kappa shape index (κ2) is 2.92. The molecule has 1 aromatic heterocycles. The Labute approximate surface area is 71.5 Å². The Morgan fingerprint density at radius 3 is 2.58 bits per heavy atom. The lowest BCUT2D eigenvalue weighted by Gasteiger charge is -2.14. The van der Waals surface area contributed by atoms with Crippen molar-refractivity contribution in [2.75, 3.05) is 0 Å². The molecule has 1 N–H and O–H groups in total. The molecule has 0 bridgehead atoms. The number of rotatable bonds is 1. The van der Waals surface area contributed by atoms with E-state index in [2.05, 4.69) is 15.9 Å². The Balaban J connectivity index is 3.07. The van der Waals surface area contributed by atoms with Crippen molar-refractivity contribution in [1.29, 1.82) is 0 Å². The average Bonchev–Trinajstić information content (AvgIpc) is 2.05. The maximum Gasteiger partial charge on any atom is 0.166 e. The van der Waals surface area contributed by atoms with Gasteiger partial charge in [-0.25, -0.2) is 0 Å². The fourth-order valence-corrected chi connectivity index (χ4v) is 0.718. The lowest BCUT2D eigenvalue weighted by molar-refractivity contribution is 0.117. The van der Waals surface area contributed by atoms with Gasteiger partial charge in [-0.05, 0) is 13.8 Å². The van der Waals surface area contributed by atoms with Crippen LogP contribution in [0.15, 0.2) is 12.4 Å². The molecule has 62 valence electrons. The van der Waals surface area contributed by atoms with Crippen LogP contribution in [0.1, 0.15) is 18.3 Å². The molecule has 1 rings (SSSR count). The first-order chi connectivity index (χ1) is 5.56. The second-order valence-corrected chi connectivity index (χ2v) is 2.76. The zero-order valence-electron chi connectivity index (χ0n) is 7.07. The van der Waals surface area contributed by atoms with Crippen LogP contribution < -0.4 is 0 Å². The molecule has 0 spiro atoms. The van der Waals surface area contributed by atoms with Crippen LogP contribution >= 0.6 is 0 Å². The molecule has 0 amide bonds. The van der Waals surface area contributed by atoms with Crippen LogP contribution in [0.5, 0.6) is 0 Å². The van der Waals surface area contributed by atoms with Gasteiger partial charge < -0.3 is 5.11 Å². The van der Waals surface area contributed by atoms with E-state index in [9.17, 15) is 5.11 Å². The van der Waals surface area contributed by atoms with Crippen molar-refractivity contribution in [3.05, 3.63) is 23.8 Å². The summed E-state index contributed by atoms with van der Waals surface area (Å²) >= 11 is 0. The predicted molar refractivity (Wildman–Crippen MR) is 45.2 cm³/mol. The van der Waals surface area contributed by atoms with E-state index in [1.165, 1.54) is 13.1 Å². The summed E-state index contributed by atoms with van der Waals surface area (Å²) in [6, 6.07) is 0. The van der Waals surface area contributed by atoms with Crippen molar-refractivity contribution in [2.24, 2.45) is 0 Å². The highest BCUT2D eigenvalue weighted by Gasteiger charge is 2.21. The number of aliphatic hydroxyl groups is 1. The highest BCUT2D eigenvalue weighted by atomic mass is 16.3. The van der Waals surface area contributed by atoms with Crippen LogP contribution in [0.3, 0.4) is 0 Å². The van der Waals surface area contributed by atoms with Gasteiger partial charge in [0.15, 0.2) is 5.60 Å². The van der Waals surface area contributed by atoms with Gasteiger partial charge in [0.1, 0.15) is 5.69 Å². The minimum absolute atomic E-state index is 0.399. The van der Waals surface area contributed by atoms with Crippen LogP contribution in [-0.2, 0) is 5.60 Å². The Morgan fingerprint density at radius 1 is 1.50 bits per heavy atom. The van der Waals surface area contributed by atoms with Crippen LogP contribution in [0.25, 0.3) is 0 Å². The van der Waals surface area contributed by atoms with Gasteiger partial charge in [-0.2, -0.15) is 0 Å². The van der Waals surface area contributed by atoms with Gasteiger partial charge in [-0.15, -0.1) is 6.42 Å². The Bertz CT molecular complexity index is 308. The average molecular weight is 162 g/mol. The van der Waals surface area contributed by atoms with E-state index in [1.807, 2.05) is 6.92 Å². The third-order valence-electron chi connectivity index (χ3n) is 1.56. The standard InChI is InChI=1S/C9H10N2O/c1-4-9(3,12)8-6-10-7(2)5-11-8/h1,5-6,12H,2-3H3/t9-/m1/s1. The fraction of sp³-hybridized carbons (Fsp3) is 0.333. The van der Waals surface area contributed by atoms with E-state index in [-0.39, 0.29) is 0 Å². The molecular weight excluding hydrogens is 152 g/mol. The van der Waals surface area contributed by atoms with E-state index >= 15 is 0 Å². The molecule has 0 saturated carbocycles. The van der Waals surface area contributed by atoms with E-state index in [0.717, 1.165) is 5.69 Å². The van der Waals surface area contributed by atoms with Gasteiger partial charge in [-0.3, -0.25) is 9.97 Å². The van der Waals surface area contributed by atoms with Gasteiger partial charge in [0.2, 0.25) is 0 Å². The number of hydrogen-bond acceptors (Lipinski definition) is 3. The Morgan fingerprint density at radius 2 is 2.17 bits per heavy atom. The quantitative estimate of drug-likeness (QED) is 0.616. The lowest BCUT2D eigenvalue weighted by atomic mass is 10.1. The molecule has 0 fully saturated rings. The Hall–Kier alpha value is -1.40. The summed E-state index contributed by atoms with van der Waals surface area (Å²) in [5.74, 6) is 2.23. The summed E-state index contributed by atoms with van der Waals surface area (Å²) in [5.41, 5.74) is -0.122. The van der Waals surface area contributed by atoms with Crippen molar-refractivity contribution in [3.8, 4) is 12.3 Å². The molecule has 0 aliphatic carbocycles. The summed E-state index contributed by atoms with van der Waals surface area (Å²) in [6.07, 6.45) is 8.16. The molecule has 12 heavy (non-hydrogen) atoms. The predicted octanol–water partition coefficient (Wildman–Crippen LogP) is 0.626. The van der Waals surface area contributed by atoms with Crippen molar-refractivity contribution in [1.82, 2.24) is 9.97 Å². The molecule has 0 aliphatic heterocycles. The molecular formula is C9H10N2O. The first-order valence-electron chi connectivity index (χ1n) is 3.55. The zero-order valence-corrected chi connectivity index (χ0v) is 7.07. The number of hydrogen-bond donors (Lipinski definition) is 1. The van der Waals surface area contributed by atoms with Gasteiger partial charge >= 0.3 is 0 Å². The topological polar surface area (TPSA) is 46.0 Å². The molecule has 1 atom stereocenters. The summed E-state index contributed by atoms with van der Waals surface area (Å²) in [6.45, 7) is 3.33. The van der Waals surface area contributed by atoms with Gasteiger partial charge in [-0.1, -0.05) is 5.92 Å². The molecule has 3 nitrogen and oxygen atoms in total. The Kier molecular flexibility index (Phi) is 2.11.